The van der Waals surface area contributed by atoms with Gasteiger partial charge < -0.3 is 15.3 Å². The SMILES string of the molecule is O=C(O)CCN1CC(=O)Nc2ccccc21. The Morgan fingerprint density at radius 2 is 2.19 bits per heavy atom. The molecule has 1 aromatic carbocycles. The van der Waals surface area contributed by atoms with Crippen molar-refractivity contribution in [2.45, 2.75) is 6.42 Å². The van der Waals surface area contributed by atoms with E-state index in [1.807, 2.05) is 18.2 Å². The molecule has 0 saturated carbocycles. The van der Waals surface area contributed by atoms with Crippen LogP contribution in [0.1, 0.15) is 6.42 Å². The lowest BCUT2D eigenvalue weighted by molar-refractivity contribution is -0.136. The molecule has 0 aromatic heterocycles. The third kappa shape index (κ3) is 2.13. The van der Waals surface area contributed by atoms with Gasteiger partial charge in [0, 0.05) is 6.54 Å². The number of amides is 1. The van der Waals surface area contributed by atoms with Gasteiger partial charge in [-0.1, -0.05) is 12.1 Å². The number of nitrogens with one attached hydrogen (secondary N) is 1. The van der Waals surface area contributed by atoms with E-state index in [9.17, 15) is 9.59 Å². The molecule has 1 amide bonds. The number of carboxylic acids is 1. The van der Waals surface area contributed by atoms with E-state index in [4.69, 9.17) is 5.11 Å². The van der Waals surface area contributed by atoms with Crippen molar-refractivity contribution < 1.29 is 14.7 Å². The average Bonchev–Trinajstić information content (AvgIpc) is 2.25. The molecule has 16 heavy (non-hydrogen) atoms. The molecule has 1 heterocycles. The van der Waals surface area contributed by atoms with Crippen LogP contribution in [-0.4, -0.2) is 30.1 Å². The van der Waals surface area contributed by atoms with Gasteiger partial charge in [0.2, 0.25) is 5.91 Å². The molecular formula is C11H12N2O3. The summed E-state index contributed by atoms with van der Waals surface area (Å²) < 4.78 is 0. The highest BCUT2D eigenvalue weighted by molar-refractivity contribution is 6.01. The second kappa shape index (κ2) is 4.22. The zero-order valence-corrected chi connectivity index (χ0v) is 8.64. The lowest BCUT2D eigenvalue weighted by atomic mass is 10.2. The highest BCUT2D eigenvalue weighted by Crippen LogP contribution is 2.28. The molecule has 1 aliphatic heterocycles. The van der Waals surface area contributed by atoms with Crippen LogP contribution in [-0.2, 0) is 9.59 Å². The van der Waals surface area contributed by atoms with E-state index < -0.39 is 5.97 Å². The first-order valence-electron chi connectivity index (χ1n) is 5.02. The summed E-state index contributed by atoms with van der Waals surface area (Å²) in [5, 5.41) is 11.4. The number of nitrogens with zero attached hydrogens (tertiary/aromatic N) is 1. The molecule has 0 aliphatic carbocycles. The number of carboxylic acid groups (broad SMARTS) is 1. The summed E-state index contributed by atoms with van der Waals surface area (Å²) in [6.07, 6.45) is 0.0294. The van der Waals surface area contributed by atoms with E-state index >= 15 is 0 Å². The lowest BCUT2D eigenvalue weighted by Crippen LogP contribution is -2.39. The van der Waals surface area contributed by atoms with E-state index in [-0.39, 0.29) is 18.9 Å². The van der Waals surface area contributed by atoms with Crippen LogP contribution in [0.25, 0.3) is 0 Å². The van der Waals surface area contributed by atoms with Crippen molar-refractivity contribution in [2.75, 3.05) is 23.3 Å². The molecule has 2 rings (SSSR count). The molecule has 0 bridgehead atoms. The van der Waals surface area contributed by atoms with E-state index in [1.54, 1.807) is 11.0 Å². The van der Waals surface area contributed by atoms with Gasteiger partial charge in [-0.3, -0.25) is 9.59 Å². The van der Waals surface area contributed by atoms with Crippen molar-refractivity contribution in [2.24, 2.45) is 0 Å². The maximum Gasteiger partial charge on any atom is 0.305 e. The minimum Gasteiger partial charge on any atom is -0.481 e. The fourth-order valence-corrected chi connectivity index (χ4v) is 1.73. The van der Waals surface area contributed by atoms with Gasteiger partial charge in [-0.05, 0) is 12.1 Å². The molecule has 2 N–H and O–H groups in total. The Balaban J connectivity index is 2.20. The van der Waals surface area contributed by atoms with Crippen LogP contribution in [0, 0.1) is 0 Å². The van der Waals surface area contributed by atoms with Crippen molar-refractivity contribution in [3.8, 4) is 0 Å². The van der Waals surface area contributed by atoms with E-state index in [2.05, 4.69) is 5.32 Å². The van der Waals surface area contributed by atoms with Crippen LogP contribution >= 0.6 is 0 Å². The van der Waals surface area contributed by atoms with Gasteiger partial charge in [0.25, 0.3) is 0 Å². The van der Waals surface area contributed by atoms with E-state index in [0.717, 1.165) is 11.4 Å². The van der Waals surface area contributed by atoms with Gasteiger partial charge in [-0.25, -0.2) is 0 Å². The Bertz CT molecular complexity index is 431. The summed E-state index contributed by atoms with van der Waals surface area (Å²) in [7, 11) is 0. The summed E-state index contributed by atoms with van der Waals surface area (Å²) in [6, 6.07) is 7.38. The topological polar surface area (TPSA) is 69.6 Å². The highest BCUT2D eigenvalue weighted by atomic mass is 16.4. The molecular weight excluding hydrogens is 208 g/mol. The molecule has 0 spiro atoms. The molecule has 5 nitrogen and oxygen atoms in total. The van der Waals surface area contributed by atoms with Gasteiger partial charge in [0.05, 0.1) is 24.3 Å². The number of rotatable bonds is 3. The number of hydrogen-bond acceptors (Lipinski definition) is 3. The van der Waals surface area contributed by atoms with Gasteiger partial charge in [-0.15, -0.1) is 0 Å². The van der Waals surface area contributed by atoms with Crippen LogP contribution < -0.4 is 10.2 Å². The first kappa shape index (κ1) is 10.5. The zero-order valence-electron chi connectivity index (χ0n) is 8.64. The molecule has 5 heteroatoms. The lowest BCUT2D eigenvalue weighted by Gasteiger charge is -2.30. The first-order valence-corrected chi connectivity index (χ1v) is 5.02. The Hall–Kier alpha value is -2.04. The first-order chi connectivity index (χ1) is 7.66. The number of hydrogen-bond donors (Lipinski definition) is 2. The van der Waals surface area contributed by atoms with E-state index in [0.29, 0.717) is 6.54 Å². The third-order valence-electron chi connectivity index (χ3n) is 2.45. The number of aliphatic carboxylic acids is 1. The minimum atomic E-state index is -0.858. The average molecular weight is 220 g/mol. The van der Waals surface area contributed by atoms with Crippen molar-refractivity contribution in [3.63, 3.8) is 0 Å². The molecule has 0 atom stereocenters. The van der Waals surface area contributed by atoms with Crippen LogP contribution in [0.2, 0.25) is 0 Å². The summed E-state index contributed by atoms with van der Waals surface area (Å²) in [6.45, 7) is 0.560. The molecule has 0 saturated heterocycles. The maximum atomic E-state index is 11.4. The maximum absolute atomic E-state index is 11.4. The largest absolute Gasteiger partial charge is 0.481 e. The van der Waals surface area contributed by atoms with Crippen LogP contribution in [0.4, 0.5) is 11.4 Å². The number of para-hydroxylation sites is 2. The fourth-order valence-electron chi connectivity index (χ4n) is 1.73. The molecule has 1 aromatic rings. The number of fused-ring (bicyclic) bond motifs is 1. The zero-order chi connectivity index (χ0) is 11.5. The molecule has 0 unspecified atom stereocenters. The number of anilines is 2. The predicted molar refractivity (Wildman–Crippen MR) is 59.5 cm³/mol. The Morgan fingerprint density at radius 3 is 2.94 bits per heavy atom. The third-order valence-corrected chi connectivity index (χ3v) is 2.45. The van der Waals surface area contributed by atoms with Gasteiger partial charge in [0.1, 0.15) is 0 Å². The minimum absolute atomic E-state index is 0.0294. The summed E-state index contributed by atoms with van der Waals surface area (Å²) in [4.78, 5) is 23.7. The smallest absolute Gasteiger partial charge is 0.305 e. The van der Waals surface area contributed by atoms with Crippen LogP contribution in [0.15, 0.2) is 24.3 Å². The Labute approximate surface area is 92.7 Å². The number of benzene rings is 1. The fraction of sp³-hybridized carbons (Fsp3) is 0.273. The van der Waals surface area contributed by atoms with Crippen LogP contribution in [0.5, 0.6) is 0 Å². The standard InChI is InChI=1S/C11H12N2O3/c14-10-7-13(6-5-11(15)16)9-4-2-1-3-8(9)12-10/h1-4H,5-7H2,(H,12,14)(H,15,16). The van der Waals surface area contributed by atoms with Crippen molar-refractivity contribution in [1.82, 2.24) is 0 Å². The molecule has 0 radical (unpaired) electrons. The number of carbonyl (C=O) groups is 2. The van der Waals surface area contributed by atoms with Gasteiger partial charge in [0.15, 0.2) is 0 Å². The monoisotopic (exact) mass is 220 g/mol. The molecule has 1 aliphatic rings. The number of carbonyl (C=O) groups excluding carboxylic acids is 1. The quantitative estimate of drug-likeness (QED) is 0.794. The van der Waals surface area contributed by atoms with Gasteiger partial charge >= 0.3 is 5.97 Å². The normalized spacial score (nSPS) is 14.2. The summed E-state index contributed by atoms with van der Waals surface area (Å²) >= 11 is 0. The highest BCUT2D eigenvalue weighted by Gasteiger charge is 2.21. The van der Waals surface area contributed by atoms with Crippen molar-refractivity contribution in [3.05, 3.63) is 24.3 Å². The second-order valence-electron chi connectivity index (χ2n) is 3.63. The summed E-state index contributed by atoms with van der Waals surface area (Å²) in [5.74, 6) is -0.965. The Morgan fingerprint density at radius 1 is 1.44 bits per heavy atom. The Kier molecular flexibility index (Phi) is 2.76. The van der Waals surface area contributed by atoms with Crippen molar-refractivity contribution in [1.29, 1.82) is 0 Å². The van der Waals surface area contributed by atoms with E-state index in [1.165, 1.54) is 0 Å². The van der Waals surface area contributed by atoms with Crippen LogP contribution in [0.3, 0.4) is 0 Å². The molecule has 0 fully saturated rings. The van der Waals surface area contributed by atoms with Gasteiger partial charge in [-0.2, -0.15) is 0 Å². The summed E-state index contributed by atoms with van der Waals surface area (Å²) in [5.41, 5.74) is 1.62. The van der Waals surface area contributed by atoms with Crippen molar-refractivity contribution >= 4 is 23.3 Å². The predicted octanol–water partition coefficient (Wildman–Crippen LogP) is 0.920. The molecule has 84 valence electrons. The second-order valence-corrected chi connectivity index (χ2v) is 3.63.